The molecule has 1 aromatic carbocycles. The summed E-state index contributed by atoms with van der Waals surface area (Å²) in [6.07, 6.45) is 2.73. The van der Waals surface area contributed by atoms with Crippen LogP contribution in [0.3, 0.4) is 0 Å². The van der Waals surface area contributed by atoms with Crippen LogP contribution in [0.4, 0.5) is 0 Å². The first kappa shape index (κ1) is 10.7. The van der Waals surface area contributed by atoms with Crippen LogP contribution in [0.5, 0.6) is 0 Å². The van der Waals surface area contributed by atoms with Crippen molar-refractivity contribution in [2.45, 2.75) is 37.6 Å². The van der Waals surface area contributed by atoms with Gasteiger partial charge in [0.1, 0.15) is 0 Å². The van der Waals surface area contributed by atoms with E-state index in [1.807, 2.05) is 0 Å². The number of thioether (sulfide) groups is 1. The van der Waals surface area contributed by atoms with E-state index in [9.17, 15) is 0 Å². The minimum atomic E-state index is 0.590. The van der Waals surface area contributed by atoms with E-state index in [2.05, 4.69) is 48.3 Å². The second-order valence-corrected chi connectivity index (χ2v) is 6.24. The average Bonchev–Trinajstić information content (AvgIpc) is 2.27. The molecule has 1 atom stereocenters. The van der Waals surface area contributed by atoms with Gasteiger partial charge in [0.2, 0.25) is 0 Å². The summed E-state index contributed by atoms with van der Waals surface area (Å²) >= 11 is 2.06. The minimum absolute atomic E-state index is 0.590. The summed E-state index contributed by atoms with van der Waals surface area (Å²) in [4.78, 5) is 0. The van der Waals surface area contributed by atoms with Crippen molar-refractivity contribution >= 4 is 11.8 Å². The highest BCUT2D eigenvalue weighted by Crippen LogP contribution is 2.34. The molecule has 2 heteroatoms. The smallest absolute Gasteiger partial charge is 0.0417 e. The predicted octanol–water partition coefficient (Wildman–Crippen LogP) is 3.36. The zero-order valence-corrected chi connectivity index (χ0v) is 10.6. The summed E-state index contributed by atoms with van der Waals surface area (Å²) in [6.45, 7) is 2.35. The number of fused-ring (bicyclic) bond motifs is 1. The molecule has 0 bridgehead atoms. The van der Waals surface area contributed by atoms with Crippen molar-refractivity contribution in [1.29, 1.82) is 0 Å². The number of hydrogen-bond acceptors (Lipinski definition) is 2. The van der Waals surface area contributed by atoms with Gasteiger partial charge in [0.05, 0.1) is 0 Å². The Morgan fingerprint density at radius 3 is 2.88 bits per heavy atom. The molecule has 1 aliphatic carbocycles. The van der Waals surface area contributed by atoms with E-state index in [1.54, 1.807) is 5.56 Å². The topological polar surface area (TPSA) is 12.0 Å². The van der Waals surface area contributed by atoms with Crippen LogP contribution in [0.2, 0.25) is 0 Å². The zero-order valence-electron chi connectivity index (χ0n) is 9.78. The van der Waals surface area contributed by atoms with Crippen molar-refractivity contribution in [3.63, 3.8) is 0 Å². The monoisotopic (exact) mass is 233 g/mol. The molecule has 1 heterocycles. The molecular formula is C14H19NS. The third-order valence-corrected chi connectivity index (χ3v) is 4.87. The SMILES string of the molecule is CC1CC(NC2CSCc3ccccc32)C1. The molecule has 1 fully saturated rings. The highest BCUT2D eigenvalue weighted by molar-refractivity contribution is 7.98. The van der Waals surface area contributed by atoms with E-state index in [-0.39, 0.29) is 0 Å². The maximum atomic E-state index is 3.82. The fraction of sp³-hybridized carbons (Fsp3) is 0.571. The zero-order chi connectivity index (χ0) is 11.0. The van der Waals surface area contributed by atoms with Crippen LogP contribution < -0.4 is 5.32 Å². The molecule has 1 unspecified atom stereocenters. The molecule has 1 aliphatic heterocycles. The molecular weight excluding hydrogens is 214 g/mol. The van der Waals surface area contributed by atoms with Crippen molar-refractivity contribution in [2.75, 3.05) is 5.75 Å². The second-order valence-electron chi connectivity index (χ2n) is 5.21. The molecule has 0 spiro atoms. The number of nitrogens with one attached hydrogen (secondary N) is 1. The molecule has 0 radical (unpaired) electrons. The fourth-order valence-corrected chi connectivity index (χ4v) is 3.96. The van der Waals surface area contributed by atoms with Crippen molar-refractivity contribution in [3.8, 4) is 0 Å². The molecule has 1 N–H and O–H groups in total. The van der Waals surface area contributed by atoms with Crippen molar-refractivity contribution in [2.24, 2.45) is 5.92 Å². The van der Waals surface area contributed by atoms with Gasteiger partial charge >= 0.3 is 0 Å². The largest absolute Gasteiger partial charge is 0.306 e. The molecule has 1 saturated carbocycles. The maximum Gasteiger partial charge on any atom is 0.0417 e. The minimum Gasteiger partial charge on any atom is -0.306 e. The van der Waals surface area contributed by atoms with Gasteiger partial charge < -0.3 is 5.32 Å². The van der Waals surface area contributed by atoms with Gasteiger partial charge in [-0.15, -0.1) is 0 Å². The summed E-state index contributed by atoms with van der Waals surface area (Å²) in [7, 11) is 0. The summed E-state index contributed by atoms with van der Waals surface area (Å²) in [5.41, 5.74) is 3.07. The fourth-order valence-electron chi connectivity index (χ4n) is 2.84. The van der Waals surface area contributed by atoms with Crippen LogP contribution in [-0.2, 0) is 5.75 Å². The molecule has 3 rings (SSSR count). The van der Waals surface area contributed by atoms with Crippen LogP contribution in [0, 0.1) is 5.92 Å². The Hall–Kier alpha value is -0.470. The Kier molecular flexibility index (Phi) is 2.95. The first-order valence-corrected chi connectivity index (χ1v) is 7.40. The Labute approximate surface area is 102 Å². The van der Waals surface area contributed by atoms with E-state index in [1.165, 1.54) is 29.9 Å². The molecule has 0 aromatic heterocycles. The standard InChI is InChI=1S/C14H19NS/c1-10-6-12(7-10)15-14-9-16-8-11-4-2-3-5-13(11)14/h2-5,10,12,14-15H,6-9H2,1H3. The Morgan fingerprint density at radius 1 is 1.25 bits per heavy atom. The van der Waals surface area contributed by atoms with Crippen LogP contribution in [0.25, 0.3) is 0 Å². The first-order chi connectivity index (χ1) is 7.83. The maximum absolute atomic E-state index is 3.82. The normalized spacial score (nSPS) is 32.9. The highest BCUT2D eigenvalue weighted by Gasteiger charge is 2.29. The number of hydrogen-bond donors (Lipinski definition) is 1. The van der Waals surface area contributed by atoms with Crippen molar-refractivity contribution in [3.05, 3.63) is 35.4 Å². The van der Waals surface area contributed by atoms with Crippen molar-refractivity contribution in [1.82, 2.24) is 5.32 Å². The second kappa shape index (κ2) is 4.42. The summed E-state index contributed by atoms with van der Waals surface area (Å²) in [5.74, 6) is 3.36. The van der Waals surface area contributed by atoms with Crippen molar-refractivity contribution < 1.29 is 0 Å². The van der Waals surface area contributed by atoms with Gasteiger partial charge in [0.15, 0.2) is 0 Å². The molecule has 1 nitrogen and oxygen atoms in total. The molecule has 0 saturated heterocycles. The highest BCUT2D eigenvalue weighted by atomic mass is 32.2. The Balaban J connectivity index is 1.72. The summed E-state index contributed by atoms with van der Waals surface area (Å²) in [5, 5.41) is 3.82. The summed E-state index contributed by atoms with van der Waals surface area (Å²) in [6, 6.07) is 10.3. The third kappa shape index (κ3) is 2.01. The van der Waals surface area contributed by atoms with Crippen LogP contribution in [0.15, 0.2) is 24.3 Å². The van der Waals surface area contributed by atoms with Gasteiger partial charge in [-0.2, -0.15) is 11.8 Å². The van der Waals surface area contributed by atoms with Crippen LogP contribution in [0.1, 0.15) is 36.9 Å². The van der Waals surface area contributed by atoms with Gasteiger partial charge in [-0.05, 0) is 29.9 Å². The molecule has 2 aliphatic rings. The first-order valence-electron chi connectivity index (χ1n) is 6.24. The Morgan fingerprint density at radius 2 is 2.06 bits per heavy atom. The van der Waals surface area contributed by atoms with Crippen LogP contribution >= 0.6 is 11.8 Å². The van der Waals surface area contributed by atoms with E-state index in [0.29, 0.717) is 6.04 Å². The lowest BCUT2D eigenvalue weighted by atomic mass is 9.81. The van der Waals surface area contributed by atoms with Gasteiger partial charge in [-0.3, -0.25) is 0 Å². The van der Waals surface area contributed by atoms with E-state index in [4.69, 9.17) is 0 Å². The van der Waals surface area contributed by atoms with Gasteiger partial charge in [-0.25, -0.2) is 0 Å². The van der Waals surface area contributed by atoms with Gasteiger partial charge in [0, 0.05) is 23.6 Å². The van der Waals surface area contributed by atoms with E-state index >= 15 is 0 Å². The molecule has 1 aromatic rings. The molecule has 86 valence electrons. The lowest BCUT2D eigenvalue weighted by Gasteiger charge is -2.38. The van der Waals surface area contributed by atoms with E-state index < -0.39 is 0 Å². The quantitative estimate of drug-likeness (QED) is 0.840. The number of rotatable bonds is 2. The summed E-state index contributed by atoms with van der Waals surface area (Å²) < 4.78 is 0. The number of benzene rings is 1. The van der Waals surface area contributed by atoms with E-state index in [0.717, 1.165) is 12.0 Å². The third-order valence-electron chi connectivity index (χ3n) is 3.78. The van der Waals surface area contributed by atoms with Gasteiger partial charge in [-0.1, -0.05) is 31.2 Å². The molecule has 16 heavy (non-hydrogen) atoms. The van der Waals surface area contributed by atoms with Crippen LogP contribution in [-0.4, -0.2) is 11.8 Å². The Bertz CT molecular complexity index is 371. The molecule has 0 amide bonds. The average molecular weight is 233 g/mol. The lowest BCUT2D eigenvalue weighted by molar-refractivity contribution is 0.227. The van der Waals surface area contributed by atoms with Gasteiger partial charge in [0.25, 0.3) is 0 Å². The lowest BCUT2D eigenvalue weighted by Crippen LogP contribution is -2.43. The predicted molar refractivity (Wildman–Crippen MR) is 70.7 cm³/mol.